The minimum Gasteiger partial charge on any atom is -0.490 e. The van der Waals surface area contributed by atoms with E-state index in [4.69, 9.17) is 4.74 Å². The van der Waals surface area contributed by atoms with E-state index in [1.807, 2.05) is 24.3 Å². The summed E-state index contributed by atoms with van der Waals surface area (Å²) in [6.45, 7) is 8.44. The molecule has 1 N–H and O–H groups in total. The monoisotopic (exact) mass is 407 g/mol. The minimum atomic E-state index is -0.185. The number of amides is 1. The second-order valence-electron chi connectivity index (χ2n) is 7.01. The molecule has 2 aromatic rings. The average molecular weight is 408 g/mol. The topological polar surface area (TPSA) is 63.1 Å². The first kappa shape index (κ1) is 20.9. The molecule has 1 atom stereocenters. The van der Waals surface area contributed by atoms with Crippen molar-refractivity contribution in [1.29, 1.82) is 0 Å². The number of nitrogens with zero attached hydrogens (tertiary/aromatic N) is 2. The molecule has 1 amide bonds. The number of nitrogens with one attached hydrogen (secondary N) is 1. The number of hydrogen-bond acceptors (Lipinski definition) is 5. The fourth-order valence-electron chi connectivity index (χ4n) is 2.79. The summed E-state index contributed by atoms with van der Waals surface area (Å²) in [5, 5.41) is 11.4. The van der Waals surface area contributed by atoms with E-state index in [1.54, 1.807) is 12.3 Å². The number of benzene rings is 2. The van der Waals surface area contributed by atoms with Crippen molar-refractivity contribution in [3.63, 3.8) is 0 Å². The summed E-state index contributed by atoms with van der Waals surface area (Å²) >= 11 is 1.42. The summed E-state index contributed by atoms with van der Waals surface area (Å²) < 4.78 is 5.45. The van der Waals surface area contributed by atoms with Gasteiger partial charge in [0.15, 0.2) is 5.17 Å². The smallest absolute Gasteiger partial charge is 0.239 e. The van der Waals surface area contributed by atoms with Crippen LogP contribution in [0.5, 0.6) is 5.75 Å². The van der Waals surface area contributed by atoms with Gasteiger partial charge in [0.25, 0.3) is 0 Å². The van der Waals surface area contributed by atoms with Crippen LogP contribution >= 0.6 is 11.8 Å². The lowest BCUT2D eigenvalue weighted by Gasteiger charge is -2.08. The first-order valence-electron chi connectivity index (χ1n) is 9.56. The molecule has 0 radical (unpaired) electrons. The number of ether oxygens (including phenoxy) is 1. The summed E-state index contributed by atoms with van der Waals surface area (Å²) in [5.41, 5.74) is 3.34. The molecule has 0 aromatic heterocycles. The SMILES string of the molecule is C=CCOc1ccc(/C=N/N=C2\NC(=O)C(Cc3ccc(C(C)C)cc3)S2)cc1. The maximum absolute atomic E-state index is 12.2. The van der Waals surface area contributed by atoms with Crippen molar-refractivity contribution < 1.29 is 9.53 Å². The molecule has 2 aromatic carbocycles. The van der Waals surface area contributed by atoms with Crippen molar-refractivity contribution in [3.05, 3.63) is 77.9 Å². The molecular weight excluding hydrogens is 382 g/mol. The van der Waals surface area contributed by atoms with Gasteiger partial charge in [0.2, 0.25) is 5.91 Å². The lowest BCUT2D eigenvalue weighted by atomic mass is 10.0. The van der Waals surface area contributed by atoms with Crippen molar-refractivity contribution in [3.8, 4) is 5.75 Å². The molecule has 6 heteroatoms. The summed E-state index contributed by atoms with van der Waals surface area (Å²) in [7, 11) is 0. The second kappa shape index (κ2) is 10.1. The van der Waals surface area contributed by atoms with Crippen LogP contribution in [-0.4, -0.2) is 29.1 Å². The van der Waals surface area contributed by atoms with E-state index in [0.29, 0.717) is 24.1 Å². The average Bonchev–Trinajstić information content (AvgIpc) is 3.07. The van der Waals surface area contributed by atoms with E-state index in [9.17, 15) is 4.79 Å². The van der Waals surface area contributed by atoms with Crippen LogP contribution in [-0.2, 0) is 11.2 Å². The van der Waals surface area contributed by atoms with E-state index < -0.39 is 0 Å². The van der Waals surface area contributed by atoms with Crippen molar-refractivity contribution in [2.75, 3.05) is 6.61 Å². The molecule has 0 bridgehead atoms. The van der Waals surface area contributed by atoms with Gasteiger partial charge in [-0.25, -0.2) is 0 Å². The third kappa shape index (κ3) is 6.06. The van der Waals surface area contributed by atoms with Gasteiger partial charge in [0, 0.05) is 0 Å². The summed E-state index contributed by atoms with van der Waals surface area (Å²) in [6.07, 6.45) is 4.02. The van der Waals surface area contributed by atoms with Crippen LogP contribution in [0.3, 0.4) is 0 Å². The second-order valence-corrected chi connectivity index (χ2v) is 8.21. The van der Waals surface area contributed by atoms with Gasteiger partial charge in [0.1, 0.15) is 12.4 Å². The molecule has 0 saturated carbocycles. The molecule has 1 fully saturated rings. The van der Waals surface area contributed by atoms with E-state index in [0.717, 1.165) is 16.9 Å². The Hall–Kier alpha value is -2.86. The van der Waals surface area contributed by atoms with Crippen LogP contribution in [0.4, 0.5) is 0 Å². The van der Waals surface area contributed by atoms with Gasteiger partial charge in [-0.05, 0) is 53.3 Å². The standard InChI is InChI=1S/C23H25N3O2S/c1-4-13-28-20-11-7-18(8-12-20)15-24-26-23-25-22(27)21(29-23)14-17-5-9-19(10-6-17)16(2)3/h4-12,15-16,21H,1,13-14H2,2-3H3,(H,25,26,27)/b24-15+. The molecular formula is C23H25N3O2S. The third-order valence-corrected chi connectivity index (χ3v) is 5.52. The van der Waals surface area contributed by atoms with Crippen LogP contribution in [0, 0.1) is 0 Å². The Labute approximate surface area is 176 Å². The normalized spacial score (nSPS) is 17.8. The number of hydrogen-bond donors (Lipinski definition) is 1. The van der Waals surface area contributed by atoms with Crippen molar-refractivity contribution in [1.82, 2.24) is 5.32 Å². The maximum atomic E-state index is 12.2. The van der Waals surface area contributed by atoms with E-state index in [-0.39, 0.29) is 11.2 Å². The lowest BCUT2D eigenvalue weighted by Crippen LogP contribution is -2.25. The number of thioether (sulfide) groups is 1. The molecule has 0 aliphatic carbocycles. The van der Waals surface area contributed by atoms with Gasteiger partial charge in [-0.15, -0.1) is 5.10 Å². The van der Waals surface area contributed by atoms with E-state index >= 15 is 0 Å². The predicted octanol–water partition coefficient (Wildman–Crippen LogP) is 4.54. The Balaban J connectivity index is 1.55. The fourth-order valence-corrected chi connectivity index (χ4v) is 3.76. The van der Waals surface area contributed by atoms with Crippen LogP contribution in [0.1, 0.15) is 36.5 Å². The third-order valence-electron chi connectivity index (χ3n) is 4.45. The molecule has 3 rings (SSSR count). The van der Waals surface area contributed by atoms with Gasteiger partial charge in [-0.2, -0.15) is 5.10 Å². The van der Waals surface area contributed by atoms with Gasteiger partial charge < -0.3 is 10.1 Å². The van der Waals surface area contributed by atoms with Gasteiger partial charge in [-0.1, -0.05) is 62.5 Å². The van der Waals surface area contributed by atoms with Crippen molar-refractivity contribution in [2.45, 2.75) is 31.4 Å². The minimum absolute atomic E-state index is 0.0272. The van der Waals surface area contributed by atoms with Crippen LogP contribution in [0.2, 0.25) is 0 Å². The Morgan fingerprint density at radius 2 is 1.90 bits per heavy atom. The largest absolute Gasteiger partial charge is 0.490 e. The molecule has 1 aliphatic rings. The maximum Gasteiger partial charge on any atom is 0.239 e. The summed E-state index contributed by atoms with van der Waals surface area (Å²) in [5.74, 6) is 1.25. The quantitative estimate of drug-likeness (QED) is 0.397. The van der Waals surface area contributed by atoms with Crippen LogP contribution in [0.25, 0.3) is 0 Å². The predicted molar refractivity (Wildman–Crippen MR) is 121 cm³/mol. The van der Waals surface area contributed by atoms with Crippen LogP contribution in [0.15, 0.2) is 71.4 Å². The zero-order chi connectivity index (χ0) is 20.6. The molecule has 150 valence electrons. The highest BCUT2D eigenvalue weighted by atomic mass is 32.2. The first-order chi connectivity index (χ1) is 14.0. The molecule has 0 spiro atoms. The molecule has 5 nitrogen and oxygen atoms in total. The Bertz CT molecular complexity index is 903. The van der Waals surface area contributed by atoms with Gasteiger partial charge in [-0.3, -0.25) is 4.79 Å². The van der Waals surface area contributed by atoms with Gasteiger partial charge in [0.05, 0.1) is 11.5 Å². The zero-order valence-corrected chi connectivity index (χ0v) is 17.5. The van der Waals surface area contributed by atoms with E-state index in [2.05, 4.69) is 60.2 Å². The zero-order valence-electron chi connectivity index (χ0n) is 16.7. The van der Waals surface area contributed by atoms with E-state index in [1.165, 1.54) is 17.3 Å². The highest BCUT2D eigenvalue weighted by molar-refractivity contribution is 8.15. The molecule has 1 unspecified atom stereocenters. The molecule has 1 heterocycles. The molecule has 1 aliphatic heterocycles. The number of rotatable bonds is 8. The highest BCUT2D eigenvalue weighted by Crippen LogP contribution is 2.24. The Morgan fingerprint density at radius 3 is 2.55 bits per heavy atom. The fraction of sp³-hybridized carbons (Fsp3) is 0.261. The Kier molecular flexibility index (Phi) is 7.25. The van der Waals surface area contributed by atoms with Crippen LogP contribution < -0.4 is 10.1 Å². The highest BCUT2D eigenvalue weighted by Gasteiger charge is 2.30. The van der Waals surface area contributed by atoms with Crippen molar-refractivity contribution >= 4 is 29.1 Å². The number of carbonyl (C=O) groups is 1. The lowest BCUT2D eigenvalue weighted by molar-refractivity contribution is -0.118. The Morgan fingerprint density at radius 1 is 1.17 bits per heavy atom. The number of carbonyl (C=O) groups excluding carboxylic acids is 1. The summed E-state index contributed by atoms with van der Waals surface area (Å²) in [4.78, 5) is 12.2. The first-order valence-corrected chi connectivity index (χ1v) is 10.4. The summed E-state index contributed by atoms with van der Waals surface area (Å²) in [6, 6.07) is 16.0. The molecule has 1 saturated heterocycles. The van der Waals surface area contributed by atoms with Crippen molar-refractivity contribution in [2.24, 2.45) is 10.2 Å². The number of amidine groups is 1. The van der Waals surface area contributed by atoms with Gasteiger partial charge >= 0.3 is 0 Å². The molecule has 29 heavy (non-hydrogen) atoms.